The summed E-state index contributed by atoms with van der Waals surface area (Å²) in [5.74, 6) is 0.187. The Hall–Kier alpha value is -1.51. The predicted molar refractivity (Wildman–Crippen MR) is 99.7 cm³/mol. The highest BCUT2D eigenvalue weighted by Crippen LogP contribution is 2.41. The third-order valence-electron chi connectivity index (χ3n) is 5.82. The first-order valence-electron chi connectivity index (χ1n) is 9.90. The van der Waals surface area contributed by atoms with Crippen LogP contribution in [0.3, 0.4) is 0 Å². The first-order valence-corrected chi connectivity index (χ1v) is 9.90. The highest BCUT2D eigenvalue weighted by atomic mass is 19.4. The van der Waals surface area contributed by atoms with Crippen molar-refractivity contribution in [1.29, 1.82) is 0 Å². The number of benzene rings is 1. The van der Waals surface area contributed by atoms with Gasteiger partial charge in [-0.2, -0.15) is 0 Å². The minimum Gasteiger partial charge on any atom is -0.493 e. The molecule has 3 rings (SSSR count). The predicted octanol–water partition coefficient (Wildman–Crippen LogP) is 3.13. The summed E-state index contributed by atoms with van der Waals surface area (Å²) in [6, 6.07) is 4.88. The summed E-state index contributed by atoms with van der Waals surface area (Å²) in [6.45, 7) is 4.48. The molecule has 0 bridgehead atoms. The van der Waals surface area contributed by atoms with Gasteiger partial charge in [0.15, 0.2) is 11.5 Å². The molecule has 1 aromatic rings. The van der Waals surface area contributed by atoms with Gasteiger partial charge in [0.25, 0.3) is 0 Å². The van der Waals surface area contributed by atoms with E-state index in [1.165, 1.54) is 13.2 Å². The van der Waals surface area contributed by atoms with Crippen molar-refractivity contribution in [3.63, 3.8) is 0 Å². The third kappa shape index (κ3) is 5.75. The summed E-state index contributed by atoms with van der Waals surface area (Å²) >= 11 is 0. The molecule has 1 aliphatic heterocycles. The molecule has 2 aliphatic rings. The number of halogens is 3. The first-order chi connectivity index (χ1) is 13.4. The Labute approximate surface area is 163 Å². The van der Waals surface area contributed by atoms with Crippen LogP contribution in [0.2, 0.25) is 0 Å². The molecule has 1 saturated carbocycles. The summed E-state index contributed by atoms with van der Waals surface area (Å²) < 4.78 is 47.8. The van der Waals surface area contributed by atoms with Gasteiger partial charge in [-0.15, -0.1) is 13.2 Å². The number of hydrogen-bond acceptors (Lipinski definition) is 5. The Kier molecular flexibility index (Phi) is 7.06. The molecule has 2 fully saturated rings. The zero-order valence-corrected chi connectivity index (χ0v) is 16.2. The smallest absolute Gasteiger partial charge is 0.493 e. The van der Waals surface area contributed by atoms with Crippen LogP contribution in [-0.4, -0.2) is 62.3 Å². The molecule has 2 N–H and O–H groups in total. The zero-order chi connectivity index (χ0) is 20.1. The van der Waals surface area contributed by atoms with E-state index in [2.05, 4.69) is 15.0 Å². The van der Waals surface area contributed by atoms with Crippen molar-refractivity contribution in [2.24, 2.45) is 5.92 Å². The van der Waals surface area contributed by atoms with Crippen molar-refractivity contribution in [3.05, 3.63) is 23.8 Å². The van der Waals surface area contributed by atoms with Gasteiger partial charge in [-0.1, -0.05) is 6.07 Å². The highest BCUT2D eigenvalue weighted by molar-refractivity contribution is 5.44. The van der Waals surface area contributed by atoms with Crippen LogP contribution in [0.15, 0.2) is 18.2 Å². The molecule has 0 amide bonds. The molecule has 0 aromatic heterocycles. The molecule has 1 unspecified atom stereocenters. The average molecular weight is 402 g/mol. The van der Waals surface area contributed by atoms with Crippen molar-refractivity contribution >= 4 is 0 Å². The largest absolute Gasteiger partial charge is 0.573 e. The third-order valence-corrected chi connectivity index (χ3v) is 5.82. The quantitative estimate of drug-likeness (QED) is 0.766. The Bertz CT molecular complexity index is 628. The number of nitrogens with zero attached hydrogens (tertiary/aromatic N) is 1. The lowest BCUT2D eigenvalue weighted by Crippen LogP contribution is -2.46. The zero-order valence-electron chi connectivity index (χ0n) is 16.2. The van der Waals surface area contributed by atoms with E-state index in [9.17, 15) is 18.3 Å². The highest BCUT2D eigenvalue weighted by Gasteiger charge is 2.34. The summed E-state index contributed by atoms with van der Waals surface area (Å²) in [5.41, 5.74) is 0.833. The molecule has 1 heterocycles. The van der Waals surface area contributed by atoms with E-state index in [1.807, 2.05) is 6.07 Å². The molecule has 1 saturated heterocycles. The van der Waals surface area contributed by atoms with Crippen LogP contribution < -0.4 is 14.8 Å². The minimum atomic E-state index is -4.77. The average Bonchev–Trinajstić information content (AvgIpc) is 2.66. The number of nitrogens with one attached hydrogen (secondary N) is 1. The number of aliphatic hydroxyl groups is 1. The maximum absolute atomic E-state index is 12.8. The Morgan fingerprint density at radius 1 is 1.14 bits per heavy atom. The van der Waals surface area contributed by atoms with Gasteiger partial charge in [-0.3, -0.25) is 0 Å². The van der Waals surface area contributed by atoms with E-state index in [4.69, 9.17) is 4.74 Å². The Morgan fingerprint density at radius 3 is 2.43 bits per heavy atom. The van der Waals surface area contributed by atoms with Gasteiger partial charge in [0.2, 0.25) is 0 Å². The second-order valence-corrected chi connectivity index (χ2v) is 7.68. The Balaban J connectivity index is 1.86. The number of methoxy groups -OCH3 is 1. The van der Waals surface area contributed by atoms with Gasteiger partial charge in [-0.05, 0) is 55.2 Å². The topological polar surface area (TPSA) is 54.0 Å². The molecule has 158 valence electrons. The van der Waals surface area contributed by atoms with Crippen molar-refractivity contribution in [2.45, 2.75) is 44.1 Å². The van der Waals surface area contributed by atoms with Gasteiger partial charge < -0.3 is 24.8 Å². The summed E-state index contributed by atoms with van der Waals surface area (Å²) in [5, 5.41) is 13.2. The molecule has 1 aromatic carbocycles. The lowest BCUT2D eigenvalue weighted by molar-refractivity contribution is -0.275. The maximum Gasteiger partial charge on any atom is 0.573 e. The van der Waals surface area contributed by atoms with E-state index in [1.54, 1.807) is 6.07 Å². The summed E-state index contributed by atoms with van der Waals surface area (Å²) in [7, 11) is 1.33. The van der Waals surface area contributed by atoms with Crippen molar-refractivity contribution in [2.75, 3.05) is 39.8 Å². The van der Waals surface area contributed by atoms with Gasteiger partial charge in [0.05, 0.1) is 13.2 Å². The minimum absolute atomic E-state index is 0.0704. The molecule has 1 aliphatic carbocycles. The van der Waals surface area contributed by atoms with Crippen molar-refractivity contribution in [1.82, 2.24) is 10.2 Å². The molecule has 1 atom stereocenters. The van der Waals surface area contributed by atoms with Crippen LogP contribution in [0.25, 0.3) is 0 Å². The van der Waals surface area contributed by atoms with Crippen molar-refractivity contribution < 1.29 is 27.8 Å². The van der Waals surface area contributed by atoms with E-state index in [-0.39, 0.29) is 23.5 Å². The van der Waals surface area contributed by atoms with E-state index >= 15 is 0 Å². The van der Waals surface area contributed by atoms with Crippen LogP contribution in [0.4, 0.5) is 13.2 Å². The number of ether oxygens (including phenoxy) is 2. The second kappa shape index (κ2) is 9.33. The first kappa shape index (κ1) is 21.2. The fourth-order valence-corrected chi connectivity index (χ4v) is 4.33. The second-order valence-electron chi connectivity index (χ2n) is 7.68. The van der Waals surface area contributed by atoms with E-state index < -0.39 is 6.36 Å². The number of piperazine rings is 1. The molecular weight excluding hydrogens is 373 g/mol. The van der Waals surface area contributed by atoms with Crippen molar-refractivity contribution in [3.8, 4) is 11.5 Å². The summed E-state index contributed by atoms with van der Waals surface area (Å²) in [4.78, 5) is 2.36. The summed E-state index contributed by atoms with van der Waals surface area (Å²) in [6.07, 6.45) is -1.81. The number of hydrogen-bond donors (Lipinski definition) is 2. The van der Waals surface area contributed by atoms with Gasteiger partial charge in [-0.25, -0.2) is 0 Å². The van der Waals surface area contributed by atoms with Crippen LogP contribution >= 0.6 is 0 Å². The van der Waals surface area contributed by atoms with E-state index in [0.717, 1.165) is 64.0 Å². The maximum atomic E-state index is 12.8. The number of rotatable bonds is 6. The van der Waals surface area contributed by atoms with Crippen LogP contribution in [0.5, 0.6) is 11.5 Å². The van der Waals surface area contributed by atoms with Gasteiger partial charge in [0, 0.05) is 32.7 Å². The molecule has 28 heavy (non-hydrogen) atoms. The monoisotopic (exact) mass is 402 g/mol. The lowest BCUT2D eigenvalue weighted by Gasteiger charge is -2.37. The normalized spacial score (nSPS) is 25.3. The van der Waals surface area contributed by atoms with Crippen LogP contribution in [0.1, 0.15) is 37.2 Å². The van der Waals surface area contributed by atoms with E-state index in [0.29, 0.717) is 5.92 Å². The number of aliphatic hydroxyl groups excluding tert-OH is 1. The van der Waals surface area contributed by atoms with Gasteiger partial charge >= 0.3 is 6.36 Å². The molecular formula is C20H29F3N2O3. The van der Waals surface area contributed by atoms with Gasteiger partial charge in [0.1, 0.15) is 0 Å². The molecule has 8 heteroatoms. The Morgan fingerprint density at radius 2 is 1.82 bits per heavy atom. The molecule has 0 radical (unpaired) electrons. The van der Waals surface area contributed by atoms with Crippen LogP contribution in [-0.2, 0) is 0 Å². The molecule has 0 spiro atoms. The SMILES string of the molecule is COc1ccc(C(CN2CCNCC2)C2CCC(O)CC2)cc1OC(F)(F)F. The number of alkyl halides is 3. The lowest BCUT2D eigenvalue weighted by atomic mass is 9.75. The molecule has 5 nitrogen and oxygen atoms in total. The fourth-order valence-electron chi connectivity index (χ4n) is 4.33. The standard InChI is InChI=1S/C20H29F3N2O3/c1-27-18-7-4-15(12-19(18)28-20(21,22)23)17(13-25-10-8-24-9-11-25)14-2-5-16(26)6-3-14/h4,7,12,14,16-17,24,26H,2-3,5-6,8-11,13H2,1H3. The van der Waals surface area contributed by atoms with Crippen LogP contribution in [0, 0.1) is 5.92 Å². The fraction of sp³-hybridized carbons (Fsp3) is 0.700.